The first-order valence-corrected chi connectivity index (χ1v) is 3.86. The fourth-order valence-corrected chi connectivity index (χ4v) is 1.13. The maximum atomic E-state index is 12.4. The highest BCUT2D eigenvalue weighted by atomic mass is 19.4. The van der Waals surface area contributed by atoms with Gasteiger partial charge in [0, 0.05) is 0 Å². The van der Waals surface area contributed by atoms with Crippen LogP contribution in [-0.2, 0) is 0 Å². The summed E-state index contributed by atoms with van der Waals surface area (Å²) in [6.45, 7) is -3.84. The van der Waals surface area contributed by atoms with Gasteiger partial charge in [0.05, 0.1) is 5.56 Å². The second-order valence-corrected chi connectivity index (χ2v) is 2.95. The Bertz CT molecular complexity index is 373. The summed E-state index contributed by atoms with van der Waals surface area (Å²) in [7, 11) is 0. The molecule has 0 fully saturated rings. The lowest BCUT2D eigenvalue weighted by Crippen LogP contribution is -2.36. The normalized spacial score (nSPS) is 11.4. The fourth-order valence-electron chi connectivity index (χ4n) is 1.13. The number of aryl methyl sites for hydroxylation is 1. The van der Waals surface area contributed by atoms with Crippen molar-refractivity contribution in [1.82, 2.24) is 0 Å². The van der Waals surface area contributed by atoms with Gasteiger partial charge in [-0.15, -0.1) is 5.46 Å². The zero-order valence-electron chi connectivity index (χ0n) is 7.30. The van der Waals surface area contributed by atoms with Gasteiger partial charge in [-0.2, -0.15) is 0 Å². The van der Waals surface area contributed by atoms with Crippen LogP contribution in [0.4, 0.5) is 12.9 Å². The summed E-state index contributed by atoms with van der Waals surface area (Å²) in [6, 6.07) is 2.98. The number of halogens is 3. The summed E-state index contributed by atoms with van der Waals surface area (Å²) in [5.74, 6) is -1.36. The molecule has 0 radical (unpaired) electrons. The minimum atomic E-state index is -5.14. The Labute approximate surface area is 78.4 Å². The molecule has 76 valence electrons. The van der Waals surface area contributed by atoms with Crippen LogP contribution in [0.25, 0.3) is 0 Å². The van der Waals surface area contributed by atoms with Crippen LogP contribution in [0.1, 0.15) is 15.9 Å². The van der Waals surface area contributed by atoms with Gasteiger partial charge in [-0.25, -0.2) is 4.79 Å². The predicted molar refractivity (Wildman–Crippen MR) is 46.9 cm³/mol. The van der Waals surface area contributed by atoms with Crippen LogP contribution in [0.5, 0.6) is 0 Å². The summed E-state index contributed by atoms with van der Waals surface area (Å²) in [6.07, 6.45) is 0. The van der Waals surface area contributed by atoms with E-state index in [9.17, 15) is 17.7 Å². The van der Waals surface area contributed by atoms with Crippen molar-refractivity contribution in [2.24, 2.45) is 0 Å². The number of hydrogen-bond donors (Lipinski definition) is 1. The zero-order chi connectivity index (χ0) is 10.9. The van der Waals surface area contributed by atoms with E-state index < -0.39 is 18.4 Å². The third-order valence-corrected chi connectivity index (χ3v) is 1.88. The summed E-state index contributed by atoms with van der Waals surface area (Å²) in [5.41, 5.74) is -1.14. The van der Waals surface area contributed by atoms with Crippen LogP contribution in [0.15, 0.2) is 18.2 Å². The lowest BCUT2D eigenvalue weighted by molar-refractivity contribution is 0.0697. The van der Waals surface area contributed by atoms with E-state index in [2.05, 4.69) is 0 Å². The molecule has 0 bridgehead atoms. The van der Waals surface area contributed by atoms with Gasteiger partial charge < -0.3 is 18.1 Å². The number of aromatic carboxylic acids is 1. The van der Waals surface area contributed by atoms with Crippen LogP contribution in [0, 0.1) is 6.92 Å². The third-order valence-electron chi connectivity index (χ3n) is 1.88. The molecular formula is C8H7BF3O2-. The molecule has 0 spiro atoms. The van der Waals surface area contributed by atoms with Crippen molar-refractivity contribution in [3.8, 4) is 0 Å². The molecule has 2 nitrogen and oxygen atoms in total. The van der Waals surface area contributed by atoms with E-state index in [0.29, 0.717) is 6.07 Å². The van der Waals surface area contributed by atoms with Crippen molar-refractivity contribution in [3.05, 3.63) is 29.3 Å². The van der Waals surface area contributed by atoms with Crippen LogP contribution in [-0.4, -0.2) is 18.1 Å². The lowest BCUT2D eigenvalue weighted by Gasteiger charge is -2.18. The monoisotopic (exact) mass is 203 g/mol. The van der Waals surface area contributed by atoms with Crippen molar-refractivity contribution in [1.29, 1.82) is 0 Å². The minimum Gasteiger partial charge on any atom is -0.478 e. The molecule has 1 N–H and O–H groups in total. The van der Waals surface area contributed by atoms with Gasteiger partial charge in [0.25, 0.3) is 0 Å². The maximum absolute atomic E-state index is 12.4. The number of carboxylic acid groups (broad SMARTS) is 1. The number of benzene rings is 1. The van der Waals surface area contributed by atoms with Crippen LogP contribution in [0.3, 0.4) is 0 Å². The van der Waals surface area contributed by atoms with Gasteiger partial charge in [0.15, 0.2) is 0 Å². The molecule has 0 aliphatic heterocycles. The quantitative estimate of drug-likeness (QED) is 0.743. The highest BCUT2D eigenvalue weighted by Crippen LogP contribution is 2.13. The molecule has 0 aromatic heterocycles. The summed E-state index contributed by atoms with van der Waals surface area (Å²) in [4.78, 5) is 10.4. The van der Waals surface area contributed by atoms with Crippen LogP contribution < -0.4 is 5.46 Å². The lowest BCUT2D eigenvalue weighted by atomic mass is 9.76. The number of carbonyl (C=O) groups is 1. The summed E-state index contributed by atoms with van der Waals surface area (Å²) < 4.78 is 37.1. The molecule has 14 heavy (non-hydrogen) atoms. The highest BCUT2D eigenvalue weighted by Gasteiger charge is 2.27. The molecule has 0 unspecified atom stereocenters. The predicted octanol–water partition coefficient (Wildman–Crippen LogP) is 1.75. The molecule has 1 aromatic carbocycles. The van der Waals surface area contributed by atoms with Crippen molar-refractivity contribution in [2.45, 2.75) is 6.92 Å². The molecule has 6 heteroatoms. The van der Waals surface area contributed by atoms with Gasteiger partial charge in [-0.05, 0) is 13.0 Å². The second kappa shape index (κ2) is 3.36. The molecule has 0 saturated carbocycles. The van der Waals surface area contributed by atoms with E-state index in [-0.39, 0.29) is 11.1 Å². The number of carboxylic acids is 1. The molecule has 0 aliphatic rings. The first-order chi connectivity index (χ1) is 6.32. The Morgan fingerprint density at radius 3 is 2.36 bits per heavy atom. The zero-order valence-corrected chi connectivity index (χ0v) is 7.30. The number of rotatable bonds is 2. The van der Waals surface area contributed by atoms with Crippen LogP contribution >= 0.6 is 0 Å². The van der Waals surface area contributed by atoms with E-state index in [4.69, 9.17) is 5.11 Å². The largest absolute Gasteiger partial charge is 0.509 e. The Morgan fingerprint density at radius 1 is 1.36 bits per heavy atom. The van der Waals surface area contributed by atoms with Gasteiger partial charge in [0.1, 0.15) is 0 Å². The summed E-state index contributed by atoms with van der Waals surface area (Å²) >= 11 is 0. The molecule has 0 aliphatic carbocycles. The first-order valence-electron chi connectivity index (χ1n) is 3.86. The Balaban J connectivity index is 3.29. The van der Waals surface area contributed by atoms with Crippen molar-refractivity contribution in [2.75, 3.05) is 0 Å². The fraction of sp³-hybridized carbons (Fsp3) is 0.125. The van der Waals surface area contributed by atoms with E-state index >= 15 is 0 Å². The molecule has 1 rings (SSSR count). The van der Waals surface area contributed by atoms with Gasteiger partial charge in [0.2, 0.25) is 0 Å². The van der Waals surface area contributed by atoms with Gasteiger partial charge in [-0.3, -0.25) is 0 Å². The average Bonchev–Trinajstić information content (AvgIpc) is 2.02. The summed E-state index contributed by atoms with van der Waals surface area (Å²) in [5, 5.41) is 8.51. The molecule has 0 heterocycles. The third kappa shape index (κ3) is 2.07. The Kier molecular flexibility index (Phi) is 2.55. The van der Waals surface area contributed by atoms with E-state index in [0.717, 1.165) is 12.1 Å². The molecule has 1 aromatic rings. The molecule has 0 amide bonds. The SMILES string of the molecule is Cc1ccc(C(=O)O)cc1[B-](F)(F)F. The standard InChI is InChI=1S/C8H7BF3O2/c1-5-2-3-6(8(13)14)4-7(5)9(10,11)12/h2-4H,1H3,(H,13,14)/q-1. The molecular weight excluding hydrogens is 196 g/mol. The Morgan fingerprint density at radius 2 is 1.93 bits per heavy atom. The first kappa shape index (κ1) is 10.6. The minimum absolute atomic E-state index is 0.0440. The number of hydrogen-bond acceptors (Lipinski definition) is 1. The second-order valence-electron chi connectivity index (χ2n) is 2.95. The van der Waals surface area contributed by atoms with E-state index in [1.807, 2.05) is 0 Å². The van der Waals surface area contributed by atoms with Crippen LogP contribution in [0.2, 0.25) is 0 Å². The van der Waals surface area contributed by atoms with Gasteiger partial charge >= 0.3 is 12.9 Å². The average molecular weight is 203 g/mol. The topological polar surface area (TPSA) is 37.3 Å². The molecule has 0 saturated heterocycles. The van der Waals surface area contributed by atoms with Crippen molar-refractivity contribution < 1.29 is 22.8 Å². The maximum Gasteiger partial charge on any atom is 0.509 e. The Hall–Kier alpha value is -1.46. The van der Waals surface area contributed by atoms with Crippen molar-refractivity contribution in [3.63, 3.8) is 0 Å². The van der Waals surface area contributed by atoms with E-state index in [1.165, 1.54) is 6.92 Å². The smallest absolute Gasteiger partial charge is 0.478 e. The molecule has 0 atom stereocenters. The van der Waals surface area contributed by atoms with E-state index in [1.54, 1.807) is 0 Å². The highest BCUT2D eigenvalue weighted by molar-refractivity contribution is 6.74. The van der Waals surface area contributed by atoms with Gasteiger partial charge in [-0.1, -0.05) is 17.7 Å². The van der Waals surface area contributed by atoms with Crippen molar-refractivity contribution >= 4 is 18.4 Å².